The van der Waals surface area contributed by atoms with Gasteiger partial charge in [-0.15, -0.1) is 24.8 Å². The van der Waals surface area contributed by atoms with Crippen molar-refractivity contribution in [2.75, 3.05) is 30.3 Å². The van der Waals surface area contributed by atoms with Gasteiger partial charge in [0.1, 0.15) is 11.6 Å². The number of aromatic nitrogens is 3. The predicted molar refractivity (Wildman–Crippen MR) is 131 cm³/mol. The number of anilines is 2. The maximum Gasteiger partial charge on any atom is 0.163 e. The summed E-state index contributed by atoms with van der Waals surface area (Å²) >= 11 is 0. The van der Waals surface area contributed by atoms with Gasteiger partial charge in [0.05, 0.1) is 12.3 Å². The van der Waals surface area contributed by atoms with Crippen LogP contribution in [0.1, 0.15) is 37.3 Å². The van der Waals surface area contributed by atoms with E-state index in [1.807, 2.05) is 35.0 Å². The first-order valence-corrected chi connectivity index (χ1v) is 10.4. The molecule has 170 valence electrons. The summed E-state index contributed by atoms with van der Waals surface area (Å²) < 4.78 is 1.88. The molecule has 0 aliphatic carbocycles. The number of fused-ring (bicyclic) bond motifs is 1. The van der Waals surface area contributed by atoms with Crippen molar-refractivity contribution in [1.82, 2.24) is 19.9 Å². The smallest absolute Gasteiger partial charge is 0.163 e. The number of hydrogen-bond acceptors (Lipinski definition) is 6. The molecule has 1 aliphatic heterocycles. The lowest BCUT2D eigenvalue weighted by atomic mass is 9.95. The van der Waals surface area contributed by atoms with Crippen molar-refractivity contribution >= 4 is 42.1 Å². The highest BCUT2D eigenvalue weighted by Gasteiger charge is 2.23. The fraction of sp³-hybridized carbons (Fsp3) is 0.455. The van der Waals surface area contributed by atoms with E-state index in [1.165, 1.54) is 5.56 Å². The first-order chi connectivity index (χ1) is 14.1. The SMILES string of the molecule is CC(C)c1cnn2c(NCc3ccccc3)cc(NC[C@H]3CCNC[C@@H]3O)nc12.Cl.Cl. The topological polar surface area (TPSA) is 86.5 Å². The molecule has 2 aromatic heterocycles. The summed E-state index contributed by atoms with van der Waals surface area (Å²) in [7, 11) is 0. The molecule has 1 aromatic carbocycles. The third kappa shape index (κ3) is 6.01. The van der Waals surface area contributed by atoms with E-state index in [0.29, 0.717) is 25.6 Å². The average Bonchev–Trinajstić information content (AvgIpc) is 3.16. The van der Waals surface area contributed by atoms with E-state index < -0.39 is 0 Å². The standard InChI is InChI=1S/C22H30N6O.2ClH/c1-15(2)18-13-26-28-21(25-11-16-6-4-3-5-7-16)10-20(27-22(18)28)24-12-17-8-9-23-14-19(17)29;;/h3-7,10,13,15,17,19,23,25,29H,8-9,11-12,14H2,1-2H3,(H,24,27);2*1H/t17-,19+;;/m1../s1. The lowest BCUT2D eigenvalue weighted by Crippen LogP contribution is -2.43. The molecule has 0 radical (unpaired) electrons. The van der Waals surface area contributed by atoms with Gasteiger partial charge in [-0.1, -0.05) is 44.2 Å². The number of rotatable bonds is 7. The summed E-state index contributed by atoms with van der Waals surface area (Å²) in [5.41, 5.74) is 3.20. The zero-order valence-corrected chi connectivity index (χ0v) is 19.5. The molecular formula is C22H32Cl2N6O. The fourth-order valence-electron chi connectivity index (χ4n) is 3.76. The molecular weight excluding hydrogens is 435 g/mol. The lowest BCUT2D eigenvalue weighted by Gasteiger charge is -2.28. The average molecular weight is 467 g/mol. The van der Waals surface area contributed by atoms with Crippen LogP contribution >= 0.6 is 24.8 Å². The van der Waals surface area contributed by atoms with Crippen molar-refractivity contribution < 1.29 is 5.11 Å². The van der Waals surface area contributed by atoms with E-state index in [0.717, 1.165) is 35.8 Å². The molecule has 2 atom stereocenters. The summed E-state index contributed by atoms with van der Waals surface area (Å²) in [6, 6.07) is 12.3. The van der Waals surface area contributed by atoms with Crippen LogP contribution in [0.5, 0.6) is 0 Å². The lowest BCUT2D eigenvalue weighted by molar-refractivity contribution is 0.0883. The number of halogens is 2. The summed E-state index contributed by atoms with van der Waals surface area (Å²) in [5, 5.41) is 25.0. The first-order valence-electron chi connectivity index (χ1n) is 10.4. The summed E-state index contributed by atoms with van der Waals surface area (Å²) in [6.07, 6.45) is 2.54. The van der Waals surface area contributed by atoms with Crippen LogP contribution in [0, 0.1) is 5.92 Å². The van der Waals surface area contributed by atoms with Gasteiger partial charge in [-0.3, -0.25) is 0 Å². The van der Waals surface area contributed by atoms with E-state index in [1.54, 1.807) is 0 Å². The van der Waals surface area contributed by atoms with Gasteiger partial charge in [-0.2, -0.15) is 9.61 Å². The molecule has 0 unspecified atom stereocenters. The van der Waals surface area contributed by atoms with Crippen LogP contribution in [-0.2, 0) is 6.54 Å². The monoisotopic (exact) mass is 466 g/mol. The molecule has 1 saturated heterocycles. The van der Waals surface area contributed by atoms with Crippen molar-refractivity contribution in [2.24, 2.45) is 5.92 Å². The molecule has 0 bridgehead atoms. The molecule has 0 amide bonds. The third-order valence-electron chi connectivity index (χ3n) is 5.57. The minimum Gasteiger partial charge on any atom is -0.391 e. The summed E-state index contributed by atoms with van der Waals surface area (Å²) in [5.74, 6) is 2.27. The molecule has 4 rings (SSSR count). The second-order valence-corrected chi connectivity index (χ2v) is 8.06. The van der Waals surface area contributed by atoms with Crippen LogP contribution < -0.4 is 16.0 Å². The highest BCUT2D eigenvalue weighted by Crippen LogP contribution is 2.25. The molecule has 0 saturated carbocycles. The van der Waals surface area contributed by atoms with Gasteiger partial charge in [0, 0.05) is 37.2 Å². The number of nitrogens with zero attached hydrogens (tertiary/aromatic N) is 3. The predicted octanol–water partition coefficient (Wildman–Crippen LogP) is 3.69. The largest absolute Gasteiger partial charge is 0.391 e. The Morgan fingerprint density at radius 3 is 2.68 bits per heavy atom. The van der Waals surface area contributed by atoms with Crippen molar-refractivity contribution in [3.8, 4) is 0 Å². The first kappa shape index (κ1) is 25.2. The van der Waals surface area contributed by atoms with Gasteiger partial charge in [0.15, 0.2) is 5.65 Å². The minimum absolute atomic E-state index is 0. The molecule has 3 aromatic rings. The Bertz CT molecular complexity index is 950. The van der Waals surface area contributed by atoms with E-state index in [9.17, 15) is 5.11 Å². The maximum absolute atomic E-state index is 10.2. The molecule has 1 fully saturated rings. The molecule has 1 aliphatic rings. The highest BCUT2D eigenvalue weighted by atomic mass is 35.5. The number of nitrogens with one attached hydrogen (secondary N) is 3. The Hall–Kier alpha value is -2.06. The second kappa shape index (κ2) is 11.5. The Balaban J connectivity index is 0.00000171. The third-order valence-corrected chi connectivity index (χ3v) is 5.57. The quantitative estimate of drug-likeness (QED) is 0.424. The fourth-order valence-corrected chi connectivity index (χ4v) is 3.76. The van der Waals surface area contributed by atoms with Crippen LogP contribution in [0.15, 0.2) is 42.6 Å². The zero-order valence-electron chi connectivity index (χ0n) is 17.9. The highest BCUT2D eigenvalue weighted by molar-refractivity contribution is 5.85. The van der Waals surface area contributed by atoms with Crippen molar-refractivity contribution in [1.29, 1.82) is 0 Å². The Kier molecular flexibility index (Phi) is 9.37. The Morgan fingerprint density at radius 1 is 1.19 bits per heavy atom. The van der Waals surface area contributed by atoms with Crippen LogP contribution in [0.4, 0.5) is 11.6 Å². The van der Waals surface area contributed by atoms with Crippen molar-refractivity contribution in [3.05, 3.63) is 53.7 Å². The van der Waals surface area contributed by atoms with E-state index in [2.05, 4.69) is 47.0 Å². The van der Waals surface area contributed by atoms with Crippen molar-refractivity contribution in [2.45, 2.75) is 38.8 Å². The molecule has 0 spiro atoms. The van der Waals surface area contributed by atoms with Crippen LogP contribution in [-0.4, -0.2) is 45.4 Å². The van der Waals surface area contributed by atoms with Crippen molar-refractivity contribution in [3.63, 3.8) is 0 Å². The van der Waals surface area contributed by atoms with Gasteiger partial charge >= 0.3 is 0 Å². The molecule has 31 heavy (non-hydrogen) atoms. The van der Waals surface area contributed by atoms with Gasteiger partial charge < -0.3 is 21.1 Å². The normalized spacial score (nSPS) is 18.3. The van der Waals surface area contributed by atoms with Gasteiger partial charge in [-0.25, -0.2) is 4.98 Å². The van der Waals surface area contributed by atoms with Crippen LogP contribution in [0.3, 0.4) is 0 Å². The van der Waals surface area contributed by atoms with Gasteiger partial charge in [0.25, 0.3) is 0 Å². The second-order valence-electron chi connectivity index (χ2n) is 8.06. The summed E-state index contributed by atoms with van der Waals surface area (Å²) in [4.78, 5) is 4.83. The summed E-state index contributed by atoms with van der Waals surface area (Å²) in [6.45, 7) is 7.32. The number of β-amino-alcohol motifs (C(OH)–C–C–N with tert-alkyl or cyclic N) is 1. The zero-order chi connectivity index (χ0) is 20.2. The van der Waals surface area contributed by atoms with E-state index in [-0.39, 0.29) is 36.8 Å². The maximum atomic E-state index is 10.2. The molecule has 7 nitrogen and oxygen atoms in total. The molecule has 3 heterocycles. The van der Waals surface area contributed by atoms with Gasteiger partial charge in [-0.05, 0) is 24.4 Å². The number of piperidine rings is 1. The molecule has 4 N–H and O–H groups in total. The van der Waals surface area contributed by atoms with Crippen LogP contribution in [0.25, 0.3) is 5.65 Å². The Morgan fingerprint density at radius 2 is 1.97 bits per heavy atom. The minimum atomic E-state index is -0.322. The van der Waals surface area contributed by atoms with E-state index >= 15 is 0 Å². The van der Waals surface area contributed by atoms with E-state index in [4.69, 9.17) is 4.98 Å². The Labute approximate surface area is 195 Å². The van der Waals surface area contributed by atoms with Crippen LogP contribution in [0.2, 0.25) is 0 Å². The number of hydrogen-bond donors (Lipinski definition) is 4. The number of benzene rings is 1. The van der Waals surface area contributed by atoms with Gasteiger partial charge in [0.2, 0.25) is 0 Å². The number of aliphatic hydroxyl groups excluding tert-OH is 1. The number of aliphatic hydroxyl groups is 1. The molecule has 9 heteroatoms.